The van der Waals surface area contributed by atoms with Crippen molar-refractivity contribution in [1.82, 2.24) is 5.32 Å². The summed E-state index contributed by atoms with van der Waals surface area (Å²) in [5.74, 6) is 1.96. The first-order valence-electron chi connectivity index (χ1n) is 11.2. The summed E-state index contributed by atoms with van der Waals surface area (Å²) in [6.45, 7) is 11.8. The van der Waals surface area contributed by atoms with Crippen molar-refractivity contribution in [1.29, 1.82) is 0 Å². The number of methoxy groups -OCH3 is 1. The van der Waals surface area contributed by atoms with Gasteiger partial charge in [-0.25, -0.2) is 0 Å². The zero-order valence-corrected chi connectivity index (χ0v) is 19.3. The van der Waals surface area contributed by atoms with Crippen LogP contribution in [0.3, 0.4) is 0 Å². The molecule has 0 aromatic heterocycles. The first-order valence-corrected chi connectivity index (χ1v) is 11.2. The van der Waals surface area contributed by atoms with Crippen molar-refractivity contribution < 1.29 is 19.2 Å². The van der Waals surface area contributed by atoms with E-state index in [1.54, 1.807) is 7.11 Å². The third kappa shape index (κ3) is 6.37. The van der Waals surface area contributed by atoms with E-state index in [0.29, 0.717) is 19.7 Å². The van der Waals surface area contributed by atoms with Gasteiger partial charge in [-0.05, 0) is 62.1 Å². The molecule has 0 unspecified atom stereocenters. The van der Waals surface area contributed by atoms with Crippen molar-refractivity contribution in [3.05, 3.63) is 53.1 Å². The maximum atomic E-state index is 12.3. The molecule has 0 saturated carbocycles. The second kappa shape index (κ2) is 11.0. The molecule has 1 fully saturated rings. The summed E-state index contributed by atoms with van der Waals surface area (Å²) in [4.78, 5) is 16.0. The molecule has 168 valence electrons. The van der Waals surface area contributed by atoms with Gasteiger partial charge in [0.05, 0.1) is 45.6 Å². The van der Waals surface area contributed by atoms with E-state index >= 15 is 0 Å². The minimum Gasteiger partial charge on any atom is -0.495 e. The third-order valence-electron chi connectivity index (χ3n) is 5.97. The van der Waals surface area contributed by atoms with Crippen molar-refractivity contribution in [2.75, 3.05) is 57.9 Å². The Kier molecular flexibility index (Phi) is 8.18. The van der Waals surface area contributed by atoms with Gasteiger partial charge in [0, 0.05) is 6.54 Å². The molecule has 2 N–H and O–H groups in total. The first kappa shape index (κ1) is 22.9. The number of hydrogen-bond donors (Lipinski definition) is 2. The topological polar surface area (TPSA) is 55.2 Å². The molecule has 2 aromatic rings. The maximum Gasteiger partial charge on any atom is 0.275 e. The second-order valence-corrected chi connectivity index (χ2v) is 8.34. The molecular weight excluding hydrogens is 390 g/mol. The van der Waals surface area contributed by atoms with Gasteiger partial charge in [0.2, 0.25) is 0 Å². The molecule has 31 heavy (non-hydrogen) atoms. The SMILES string of the molecule is COc1ccccc1N1CC[NH+](CC(=O)NCCCOc2cc(C)cc(C)c2C)CC1. The molecule has 0 radical (unpaired) electrons. The van der Waals surface area contributed by atoms with Crippen LogP contribution in [0.1, 0.15) is 23.1 Å². The molecule has 1 aliphatic heterocycles. The average Bonchev–Trinajstić information content (AvgIpc) is 2.77. The Bertz CT molecular complexity index is 876. The predicted molar refractivity (Wildman–Crippen MR) is 125 cm³/mol. The van der Waals surface area contributed by atoms with Gasteiger partial charge < -0.3 is 24.6 Å². The second-order valence-electron chi connectivity index (χ2n) is 8.34. The number of para-hydroxylation sites is 2. The highest BCUT2D eigenvalue weighted by Gasteiger charge is 2.23. The highest BCUT2D eigenvalue weighted by Crippen LogP contribution is 2.27. The third-order valence-corrected chi connectivity index (χ3v) is 5.97. The maximum absolute atomic E-state index is 12.3. The van der Waals surface area contributed by atoms with Crippen LogP contribution >= 0.6 is 0 Å². The Morgan fingerprint density at radius 1 is 1.10 bits per heavy atom. The van der Waals surface area contributed by atoms with Gasteiger partial charge in [-0.1, -0.05) is 18.2 Å². The zero-order valence-electron chi connectivity index (χ0n) is 19.3. The monoisotopic (exact) mass is 426 g/mol. The lowest BCUT2D eigenvalue weighted by Crippen LogP contribution is -3.15. The van der Waals surface area contributed by atoms with Crippen molar-refractivity contribution in [3.8, 4) is 11.5 Å². The number of rotatable bonds is 9. The van der Waals surface area contributed by atoms with E-state index in [1.165, 1.54) is 21.6 Å². The van der Waals surface area contributed by atoms with Crippen molar-refractivity contribution in [2.45, 2.75) is 27.2 Å². The summed E-state index contributed by atoms with van der Waals surface area (Å²) in [5.41, 5.74) is 4.77. The van der Waals surface area contributed by atoms with Gasteiger partial charge in [-0.15, -0.1) is 0 Å². The highest BCUT2D eigenvalue weighted by atomic mass is 16.5. The van der Waals surface area contributed by atoms with Crippen LogP contribution in [0, 0.1) is 20.8 Å². The Morgan fingerprint density at radius 2 is 1.84 bits per heavy atom. The van der Waals surface area contributed by atoms with Crippen molar-refractivity contribution in [3.63, 3.8) is 0 Å². The average molecular weight is 427 g/mol. The molecule has 0 atom stereocenters. The lowest BCUT2D eigenvalue weighted by molar-refractivity contribution is -0.892. The fourth-order valence-corrected chi connectivity index (χ4v) is 4.05. The van der Waals surface area contributed by atoms with Crippen molar-refractivity contribution >= 4 is 11.6 Å². The molecule has 0 spiro atoms. The number of ether oxygens (including phenoxy) is 2. The zero-order chi connectivity index (χ0) is 22.2. The molecule has 6 heteroatoms. The molecular formula is C25H36N3O3+. The number of nitrogens with zero attached hydrogens (tertiary/aromatic N) is 1. The Labute approximate surface area is 186 Å². The molecule has 1 saturated heterocycles. The van der Waals surface area contributed by atoms with E-state index in [1.807, 2.05) is 18.2 Å². The van der Waals surface area contributed by atoms with E-state index in [9.17, 15) is 4.79 Å². The smallest absolute Gasteiger partial charge is 0.275 e. The molecule has 3 rings (SSSR count). The fourth-order valence-electron chi connectivity index (χ4n) is 4.05. The number of amides is 1. The van der Waals surface area contributed by atoms with Crippen LogP contribution in [0.4, 0.5) is 5.69 Å². The van der Waals surface area contributed by atoms with Crippen molar-refractivity contribution in [2.24, 2.45) is 0 Å². The fraction of sp³-hybridized carbons (Fsp3) is 0.480. The first-order chi connectivity index (χ1) is 15.0. The van der Waals surface area contributed by atoms with Gasteiger partial charge in [-0.2, -0.15) is 0 Å². The lowest BCUT2D eigenvalue weighted by atomic mass is 10.1. The molecule has 1 amide bonds. The molecule has 6 nitrogen and oxygen atoms in total. The minimum atomic E-state index is 0.114. The number of nitrogens with one attached hydrogen (secondary N) is 2. The van der Waals surface area contributed by atoms with Crippen LogP contribution in [-0.4, -0.2) is 58.9 Å². The summed E-state index contributed by atoms with van der Waals surface area (Å²) < 4.78 is 11.4. The van der Waals surface area contributed by atoms with E-state index in [2.05, 4.69) is 49.2 Å². The Morgan fingerprint density at radius 3 is 2.58 bits per heavy atom. The van der Waals surface area contributed by atoms with Crippen LogP contribution < -0.4 is 24.6 Å². The summed E-state index contributed by atoms with van der Waals surface area (Å²) in [6, 6.07) is 12.4. The summed E-state index contributed by atoms with van der Waals surface area (Å²) in [6.07, 6.45) is 0.801. The van der Waals surface area contributed by atoms with Crippen LogP contribution in [0.2, 0.25) is 0 Å². The quantitative estimate of drug-likeness (QED) is 0.602. The van der Waals surface area contributed by atoms with E-state index in [0.717, 1.165) is 49.8 Å². The van der Waals surface area contributed by atoms with Crippen LogP contribution in [-0.2, 0) is 4.79 Å². The lowest BCUT2D eigenvalue weighted by Gasteiger charge is -2.34. The van der Waals surface area contributed by atoms with Gasteiger partial charge in [-0.3, -0.25) is 4.79 Å². The molecule has 1 aliphatic rings. The van der Waals surface area contributed by atoms with E-state index in [4.69, 9.17) is 9.47 Å². The molecule has 0 aliphatic carbocycles. The highest BCUT2D eigenvalue weighted by molar-refractivity contribution is 5.76. The van der Waals surface area contributed by atoms with Crippen LogP contribution in [0.25, 0.3) is 0 Å². The standard InChI is InChI=1S/C25H35N3O3/c1-19-16-20(2)21(3)24(17-19)31-15-7-10-26-25(29)18-27-11-13-28(14-12-27)22-8-5-6-9-23(22)30-4/h5-6,8-9,16-17H,7,10-15,18H2,1-4H3,(H,26,29)/p+1. The number of hydrogen-bond acceptors (Lipinski definition) is 4. The minimum absolute atomic E-state index is 0.114. The van der Waals surface area contributed by atoms with Gasteiger partial charge in [0.25, 0.3) is 5.91 Å². The Balaban J connectivity index is 1.34. The van der Waals surface area contributed by atoms with Gasteiger partial charge in [0.15, 0.2) is 6.54 Å². The molecule has 1 heterocycles. The van der Waals surface area contributed by atoms with Crippen LogP contribution in [0.15, 0.2) is 36.4 Å². The van der Waals surface area contributed by atoms with Gasteiger partial charge in [0.1, 0.15) is 11.5 Å². The predicted octanol–water partition coefficient (Wildman–Crippen LogP) is 1.91. The van der Waals surface area contributed by atoms with Gasteiger partial charge >= 0.3 is 0 Å². The summed E-state index contributed by atoms with van der Waals surface area (Å²) >= 11 is 0. The summed E-state index contributed by atoms with van der Waals surface area (Å²) in [5, 5.41) is 3.04. The normalized spacial score (nSPS) is 14.4. The van der Waals surface area contributed by atoms with E-state index in [-0.39, 0.29) is 5.91 Å². The number of piperazine rings is 1. The van der Waals surface area contributed by atoms with Crippen LogP contribution in [0.5, 0.6) is 11.5 Å². The number of carbonyl (C=O) groups excluding carboxylic acids is 1. The van der Waals surface area contributed by atoms with E-state index < -0.39 is 0 Å². The number of aryl methyl sites for hydroxylation is 2. The Hall–Kier alpha value is -2.73. The number of quaternary nitrogens is 1. The number of carbonyl (C=O) groups is 1. The molecule has 2 aromatic carbocycles. The largest absolute Gasteiger partial charge is 0.495 e. The molecule has 0 bridgehead atoms. The number of benzene rings is 2. The summed E-state index contributed by atoms with van der Waals surface area (Å²) in [7, 11) is 1.71. The number of anilines is 1.